The van der Waals surface area contributed by atoms with E-state index in [-0.39, 0.29) is 18.5 Å². The molecule has 1 aliphatic rings. The van der Waals surface area contributed by atoms with Gasteiger partial charge in [-0.25, -0.2) is 4.79 Å². The monoisotopic (exact) mass is 306 g/mol. The lowest BCUT2D eigenvalue weighted by Crippen LogP contribution is -2.17. The Morgan fingerprint density at radius 2 is 2.14 bits per heavy atom. The van der Waals surface area contributed by atoms with Gasteiger partial charge in [0.2, 0.25) is 5.76 Å². The Hall–Kier alpha value is -1.78. The van der Waals surface area contributed by atoms with E-state index in [1.54, 1.807) is 18.2 Å². The minimum absolute atomic E-state index is 0.00644. The average molecular weight is 307 g/mol. The SMILES string of the molecule is O=C(OCC1CCCO1)c1ccc(-c2ccccc2Cl)o1. The molecule has 4 nitrogen and oxygen atoms in total. The Labute approximate surface area is 127 Å². The second-order valence-corrected chi connectivity index (χ2v) is 5.28. The van der Waals surface area contributed by atoms with Crippen molar-refractivity contribution in [2.75, 3.05) is 13.2 Å². The highest BCUT2D eigenvalue weighted by molar-refractivity contribution is 6.33. The van der Waals surface area contributed by atoms with Crippen LogP contribution in [0.4, 0.5) is 0 Å². The summed E-state index contributed by atoms with van der Waals surface area (Å²) in [4.78, 5) is 11.9. The predicted octanol–water partition coefficient (Wildman–Crippen LogP) is 3.94. The zero-order valence-electron chi connectivity index (χ0n) is 11.4. The van der Waals surface area contributed by atoms with Crippen LogP contribution in [-0.4, -0.2) is 25.3 Å². The van der Waals surface area contributed by atoms with Crippen molar-refractivity contribution in [3.05, 3.63) is 47.2 Å². The fraction of sp³-hybridized carbons (Fsp3) is 0.312. The van der Waals surface area contributed by atoms with Crippen molar-refractivity contribution in [3.8, 4) is 11.3 Å². The second kappa shape index (κ2) is 6.33. The van der Waals surface area contributed by atoms with Crippen LogP contribution < -0.4 is 0 Å². The number of hydrogen-bond acceptors (Lipinski definition) is 4. The molecule has 0 spiro atoms. The van der Waals surface area contributed by atoms with E-state index in [4.69, 9.17) is 25.5 Å². The van der Waals surface area contributed by atoms with Gasteiger partial charge >= 0.3 is 5.97 Å². The van der Waals surface area contributed by atoms with E-state index < -0.39 is 5.97 Å². The first kappa shape index (κ1) is 14.2. The quantitative estimate of drug-likeness (QED) is 0.803. The molecule has 0 N–H and O–H groups in total. The molecular formula is C16H15ClO4. The molecule has 1 saturated heterocycles. The molecule has 0 amide bonds. The van der Waals surface area contributed by atoms with Gasteiger partial charge < -0.3 is 13.9 Å². The molecule has 2 aromatic rings. The molecule has 3 rings (SSSR count). The highest BCUT2D eigenvalue weighted by atomic mass is 35.5. The highest BCUT2D eigenvalue weighted by Gasteiger charge is 2.20. The van der Waals surface area contributed by atoms with E-state index in [9.17, 15) is 4.79 Å². The molecule has 1 unspecified atom stereocenters. The molecule has 0 saturated carbocycles. The van der Waals surface area contributed by atoms with Crippen molar-refractivity contribution in [2.45, 2.75) is 18.9 Å². The normalized spacial score (nSPS) is 17.9. The number of benzene rings is 1. The number of hydrogen-bond donors (Lipinski definition) is 0. The molecule has 1 atom stereocenters. The second-order valence-electron chi connectivity index (χ2n) is 4.88. The van der Waals surface area contributed by atoms with Gasteiger partial charge in [0.05, 0.1) is 11.1 Å². The summed E-state index contributed by atoms with van der Waals surface area (Å²) in [5.74, 6) is 0.233. The van der Waals surface area contributed by atoms with Crippen LogP contribution in [0.25, 0.3) is 11.3 Å². The van der Waals surface area contributed by atoms with Crippen LogP contribution in [0, 0.1) is 0 Å². The minimum Gasteiger partial charge on any atom is -0.457 e. The van der Waals surface area contributed by atoms with Crippen LogP contribution >= 0.6 is 11.6 Å². The van der Waals surface area contributed by atoms with Gasteiger partial charge in [0.1, 0.15) is 12.4 Å². The maximum absolute atomic E-state index is 11.9. The number of esters is 1. The summed E-state index contributed by atoms with van der Waals surface area (Å²) in [5.41, 5.74) is 0.748. The maximum Gasteiger partial charge on any atom is 0.374 e. The van der Waals surface area contributed by atoms with Crippen molar-refractivity contribution < 1.29 is 18.7 Å². The molecule has 1 aromatic carbocycles. The first-order valence-electron chi connectivity index (χ1n) is 6.87. The summed E-state index contributed by atoms with van der Waals surface area (Å²) < 4.78 is 16.1. The van der Waals surface area contributed by atoms with Crippen molar-refractivity contribution in [1.82, 2.24) is 0 Å². The molecule has 1 fully saturated rings. The lowest BCUT2D eigenvalue weighted by molar-refractivity contribution is 0.0137. The van der Waals surface area contributed by atoms with E-state index >= 15 is 0 Å². The van der Waals surface area contributed by atoms with E-state index in [2.05, 4.69) is 0 Å². The third-order valence-electron chi connectivity index (χ3n) is 3.37. The summed E-state index contributed by atoms with van der Waals surface area (Å²) in [5, 5.41) is 0.575. The maximum atomic E-state index is 11.9. The number of rotatable bonds is 4. The molecule has 21 heavy (non-hydrogen) atoms. The van der Waals surface area contributed by atoms with Crippen LogP contribution in [0.2, 0.25) is 5.02 Å². The van der Waals surface area contributed by atoms with E-state index in [0.717, 1.165) is 25.0 Å². The molecular weight excluding hydrogens is 292 g/mol. The molecule has 1 aromatic heterocycles. The zero-order valence-corrected chi connectivity index (χ0v) is 12.1. The molecule has 5 heteroatoms. The van der Waals surface area contributed by atoms with Crippen LogP contribution in [0.3, 0.4) is 0 Å². The molecule has 1 aliphatic heterocycles. The fourth-order valence-electron chi connectivity index (χ4n) is 2.27. The molecule has 0 aliphatic carbocycles. The van der Waals surface area contributed by atoms with Crippen molar-refractivity contribution >= 4 is 17.6 Å². The summed E-state index contributed by atoms with van der Waals surface area (Å²) in [6.45, 7) is 1.00. The standard InChI is InChI=1S/C16H15ClO4/c17-13-6-2-1-5-12(13)14-7-8-15(21-14)16(18)20-10-11-4-3-9-19-11/h1-2,5-8,11H,3-4,9-10H2. The Bertz CT molecular complexity index is 629. The predicted molar refractivity (Wildman–Crippen MR) is 78.4 cm³/mol. The topological polar surface area (TPSA) is 48.7 Å². The van der Waals surface area contributed by atoms with Gasteiger partial charge in [-0.05, 0) is 37.1 Å². The summed E-state index contributed by atoms with van der Waals surface area (Å²) in [6, 6.07) is 10.6. The van der Waals surface area contributed by atoms with Crippen molar-refractivity contribution in [1.29, 1.82) is 0 Å². The Morgan fingerprint density at radius 3 is 2.90 bits per heavy atom. The minimum atomic E-state index is -0.483. The van der Waals surface area contributed by atoms with Crippen LogP contribution in [0.1, 0.15) is 23.4 Å². The number of furan rings is 1. The highest BCUT2D eigenvalue weighted by Crippen LogP contribution is 2.29. The van der Waals surface area contributed by atoms with Crippen molar-refractivity contribution in [2.24, 2.45) is 0 Å². The average Bonchev–Trinajstić information content (AvgIpc) is 3.17. The number of halogens is 1. The van der Waals surface area contributed by atoms with Crippen LogP contribution in [0.15, 0.2) is 40.8 Å². The Morgan fingerprint density at radius 1 is 1.29 bits per heavy atom. The largest absolute Gasteiger partial charge is 0.457 e. The van der Waals surface area contributed by atoms with Crippen LogP contribution in [0.5, 0.6) is 0 Å². The Kier molecular flexibility index (Phi) is 4.27. The van der Waals surface area contributed by atoms with Gasteiger partial charge in [-0.15, -0.1) is 0 Å². The van der Waals surface area contributed by atoms with E-state index in [0.29, 0.717) is 10.8 Å². The van der Waals surface area contributed by atoms with Gasteiger partial charge in [-0.2, -0.15) is 0 Å². The molecule has 2 heterocycles. The van der Waals surface area contributed by atoms with Gasteiger partial charge in [-0.3, -0.25) is 0 Å². The van der Waals surface area contributed by atoms with Gasteiger partial charge in [0.25, 0.3) is 0 Å². The molecule has 110 valence electrons. The molecule has 0 bridgehead atoms. The van der Waals surface area contributed by atoms with E-state index in [1.165, 1.54) is 0 Å². The summed E-state index contributed by atoms with van der Waals surface area (Å²) in [7, 11) is 0. The fourth-order valence-corrected chi connectivity index (χ4v) is 2.50. The molecule has 0 radical (unpaired) electrons. The first-order chi connectivity index (χ1) is 10.2. The number of carbonyl (C=O) groups is 1. The third-order valence-corrected chi connectivity index (χ3v) is 3.70. The van der Waals surface area contributed by atoms with Gasteiger partial charge in [0.15, 0.2) is 0 Å². The lowest BCUT2D eigenvalue weighted by Gasteiger charge is -2.08. The zero-order chi connectivity index (χ0) is 14.7. The third kappa shape index (κ3) is 3.28. The summed E-state index contributed by atoms with van der Waals surface area (Å²) >= 11 is 6.10. The lowest BCUT2D eigenvalue weighted by atomic mass is 10.2. The van der Waals surface area contributed by atoms with Crippen molar-refractivity contribution in [3.63, 3.8) is 0 Å². The number of ether oxygens (including phenoxy) is 2. The first-order valence-corrected chi connectivity index (χ1v) is 7.25. The smallest absolute Gasteiger partial charge is 0.374 e. The van der Waals surface area contributed by atoms with E-state index in [1.807, 2.05) is 18.2 Å². The summed E-state index contributed by atoms with van der Waals surface area (Å²) in [6.07, 6.45) is 1.95. The Balaban J connectivity index is 1.66. The van der Waals surface area contributed by atoms with Gasteiger partial charge in [0, 0.05) is 12.2 Å². The number of carbonyl (C=O) groups excluding carboxylic acids is 1. The van der Waals surface area contributed by atoms with Crippen LogP contribution in [-0.2, 0) is 9.47 Å². The van der Waals surface area contributed by atoms with Gasteiger partial charge in [-0.1, -0.05) is 23.7 Å².